The highest BCUT2D eigenvalue weighted by molar-refractivity contribution is 5.86. The van der Waals surface area contributed by atoms with Gasteiger partial charge in [-0.05, 0) is 27.2 Å². The molecule has 1 saturated heterocycles. The van der Waals surface area contributed by atoms with Crippen molar-refractivity contribution in [3.8, 4) is 0 Å². The molecule has 0 aromatic carbocycles. The first-order valence-electron chi connectivity index (χ1n) is 5.68. The monoisotopic (exact) mass is 227 g/mol. The van der Waals surface area contributed by atoms with Gasteiger partial charge in [-0.15, -0.1) is 0 Å². The van der Waals surface area contributed by atoms with E-state index in [1.807, 2.05) is 20.8 Å². The summed E-state index contributed by atoms with van der Waals surface area (Å²) < 4.78 is 0. The lowest BCUT2D eigenvalue weighted by Gasteiger charge is -2.24. The first kappa shape index (κ1) is 13.0. The lowest BCUT2D eigenvalue weighted by Crippen LogP contribution is -2.46. The summed E-state index contributed by atoms with van der Waals surface area (Å²) in [6.07, 6.45) is 0.826. The average Bonchev–Trinajstić information content (AvgIpc) is 2.38. The Morgan fingerprint density at radius 1 is 1.50 bits per heavy atom. The average molecular weight is 227 g/mol. The van der Waals surface area contributed by atoms with Crippen LogP contribution in [0.4, 0.5) is 0 Å². The number of rotatable bonds is 2. The zero-order valence-electron chi connectivity index (χ0n) is 10.3. The molecule has 1 aliphatic rings. The molecule has 0 spiro atoms. The Kier molecular flexibility index (Phi) is 4.29. The van der Waals surface area contributed by atoms with Crippen LogP contribution >= 0.6 is 0 Å². The molecule has 0 saturated carbocycles. The summed E-state index contributed by atoms with van der Waals surface area (Å²) in [4.78, 5) is 24.7. The Hall–Kier alpha value is -1.10. The van der Waals surface area contributed by atoms with E-state index in [1.54, 1.807) is 4.90 Å². The minimum atomic E-state index is -0.0796. The maximum Gasteiger partial charge on any atom is 0.239 e. The van der Waals surface area contributed by atoms with Crippen LogP contribution in [0.3, 0.4) is 0 Å². The minimum Gasteiger partial charge on any atom is -0.354 e. The van der Waals surface area contributed by atoms with Crippen molar-refractivity contribution in [3.05, 3.63) is 0 Å². The molecule has 5 nitrogen and oxygen atoms in total. The molecular formula is C11H21N3O2. The molecule has 0 unspecified atom stereocenters. The summed E-state index contributed by atoms with van der Waals surface area (Å²) in [7, 11) is 0. The SMILES string of the molecule is CC(C)(C)NCC(=O)N1CCCNC(=O)C1. The van der Waals surface area contributed by atoms with Crippen molar-refractivity contribution < 1.29 is 9.59 Å². The minimum absolute atomic E-state index is 0.00743. The Labute approximate surface area is 96.6 Å². The Morgan fingerprint density at radius 2 is 2.19 bits per heavy atom. The van der Waals surface area contributed by atoms with Crippen molar-refractivity contribution in [3.63, 3.8) is 0 Å². The number of carbonyl (C=O) groups excluding carboxylic acids is 2. The molecule has 1 aliphatic heterocycles. The molecule has 1 rings (SSSR count). The van der Waals surface area contributed by atoms with E-state index in [0.717, 1.165) is 6.42 Å². The number of nitrogens with one attached hydrogen (secondary N) is 2. The first-order valence-corrected chi connectivity index (χ1v) is 5.68. The topological polar surface area (TPSA) is 61.4 Å². The molecule has 0 bridgehead atoms. The van der Waals surface area contributed by atoms with E-state index in [9.17, 15) is 9.59 Å². The largest absolute Gasteiger partial charge is 0.354 e. The lowest BCUT2D eigenvalue weighted by atomic mass is 10.1. The predicted molar refractivity (Wildman–Crippen MR) is 62.0 cm³/mol. The quantitative estimate of drug-likeness (QED) is 0.682. The van der Waals surface area contributed by atoms with Gasteiger partial charge >= 0.3 is 0 Å². The van der Waals surface area contributed by atoms with Crippen molar-refractivity contribution in [2.24, 2.45) is 0 Å². The second-order valence-corrected chi connectivity index (χ2v) is 5.12. The van der Waals surface area contributed by atoms with Gasteiger partial charge in [0.05, 0.1) is 13.1 Å². The Balaban J connectivity index is 2.43. The highest BCUT2D eigenvalue weighted by atomic mass is 16.2. The molecule has 0 atom stereocenters. The molecule has 16 heavy (non-hydrogen) atoms. The molecule has 0 aromatic rings. The number of hydrogen-bond donors (Lipinski definition) is 2. The molecule has 5 heteroatoms. The fraction of sp³-hybridized carbons (Fsp3) is 0.818. The molecule has 1 heterocycles. The zero-order valence-corrected chi connectivity index (χ0v) is 10.3. The number of amides is 2. The first-order chi connectivity index (χ1) is 7.38. The third-order valence-electron chi connectivity index (χ3n) is 2.38. The Morgan fingerprint density at radius 3 is 2.81 bits per heavy atom. The van der Waals surface area contributed by atoms with Crippen molar-refractivity contribution in [1.82, 2.24) is 15.5 Å². The molecule has 0 aromatic heterocycles. The van der Waals surface area contributed by atoms with Gasteiger partial charge in [0.2, 0.25) is 11.8 Å². The molecule has 1 fully saturated rings. The van der Waals surface area contributed by atoms with E-state index in [2.05, 4.69) is 10.6 Å². The van der Waals surface area contributed by atoms with Gasteiger partial charge in [0.1, 0.15) is 0 Å². The second kappa shape index (κ2) is 5.30. The van der Waals surface area contributed by atoms with Crippen molar-refractivity contribution in [2.75, 3.05) is 26.2 Å². The standard InChI is InChI=1S/C11H21N3O2/c1-11(2,3)13-7-10(16)14-6-4-5-12-9(15)8-14/h13H,4-8H2,1-3H3,(H,12,15). The number of nitrogens with zero attached hydrogens (tertiary/aromatic N) is 1. The molecule has 2 N–H and O–H groups in total. The molecule has 0 aliphatic carbocycles. The highest BCUT2D eigenvalue weighted by Gasteiger charge is 2.20. The van der Waals surface area contributed by atoms with Gasteiger partial charge in [0.15, 0.2) is 0 Å². The molecule has 92 valence electrons. The molecular weight excluding hydrogens is 206 g/mol. The van der Waals surface area contributed by atoms with Crippen LogP contribution in [0.1, 0.15) is 27.2 Å². The summed E-state index contributed by atoms with van der Waals surface area (Å²) in [6, 6.07) is 0. The van der Waals surface area contributed by atoms with E-state index in [4.69, 9.17) is 0 Å². The van der Waals surface area contributed by atoms with Gasteiger partial charge in [-0.2, -0.15) is 0 Å². The lowest BCUT2D eigenvalue weighted by molar-refractivity contribution is -0.134. The van der Waals surface area contributed by atoms with E-state index in [0.29, 0.717) is 13.1 Å². The van der Waals surface area contributed by atoms with Crippen LogP contribution < -0.4 is 10.6 Å². The highest BCUT2D eigenvalue weighted by Crippen LogP contribution is 2.00. The molecule has 0 radical (unpaired) electrons. The summed E-state index contributed by atoms with van der Waals surface area (Å²) in [5, 5.41) is 5.88. The van der Waals surface area contributed by atoms with Crippen molar-refractivity contribution >= 4 is 11.8 Å². The van der Waals surface area contributed by atoms with Crippen LogP contribution in [0.15, 0.2) is 0 Å². The van der Waals surface area contributed by atoms with Crippen LogP contribution in [-0.2, 0) is 9.59 Å². The maximum absolute atomic E-state index is 11.8. The summed E-state index contributed by atoms with van der Waals surface area (Å²) in [5.74, 6) is -0.0754. The van der Waals surface area contributed by atoms with Crippen LogP contribution in [0.5, 0.6) is 0 Å². The van der Waals surface area contributed by atoms with Gasteiger partial charge in [0, 0.05) is 18.6 Å². The van der Waals surface area contributed by atoms with E-state index in [-0.39, 0.29) is 30.4 Å². The number of hydrogen-bond acceptors (Lipinski definition) is 3. The van der Waals surface area contributed by atoms with E-state index < -0.39 is 0 Å². The maximum atomic E-state index is 11.8. The van der Waals surface area contributed by atoms with Gasteiger partial charge < -0.3 is 15.5 Å². The van der Waals surface area contributed by atoms with Crippen LogP contribution in [0.25, 0.3) is 0 Å². The van der Waals surface area contributed by atoms with Gasteiger partial charge in [-0.3, -0.25) is 9.59 Å². The van der Waals surface area contributed by atoms with Gasteiger partial charge in [-0.25, -0.2) is 0 Å². The van der Waals surface area contributed by atoms with Gasteiger partial charge in [-0.1, -0.05) is 0 Å². The molecule has 2 amide bonds. The zero-order chi connectivity index (χ0) is 12.2. The predicted octanol–water partition coefficient (Wildman–Crippen LogP) is -0.277. The summed E-state index contributed by atoms with van der Waals surface area (Å²) >= 11 is 0. The van der Waals surface area contributed by atoms with Crippen molar-refractivity contribution in [1.29, 1.82) is 0 Å². The Bertz CT molecular complexity index is 271. The fourth-order valence-corrected chi connectivity index (χ4v) is 1.47. The van der Waals surface area contributed by atoms with E-state index >= 15 is 0 Å². The summed E-state index contributed by atoms with van der Waals surface area (Å²) in [5.41, 5.74) is -0.0796. The fourth-order valence-electron chi connectivity index (χ4n) is 1.47. The van der Waals surface area contributed by atoms with Crippen LogP contribution in [0.2, 0.25) is 0 Å². The summed E-state index contributed by atoms with van der Waals surface area (Å²) in [6.45, 7) is 7.82. The van der Waals surface area contributed by atoms with Crippen molar-refractivity contribution in [2.45, 2.75) is 32.7 Å². The van der Waals surface area contributed by atoms with Crippen LogP contribution in [0, 0.1) is 0 Å². The van der Waals surface area contributed by atoms with Gasteiger partial charge in [0.25, 0.3) is 0 Å². The number of carbonyl (C=O) groups is 2. The third-order valence-corrected chi connectivity index (χ3v) is 2.38. The normalized spacial score (nSPS) is 17.9. The second-order valence-electron chi connectivity index (χ2n) is 5.12. The smallest absolute Gasteiger partial charge is 0.239 e. The third kappa shape index (κ3) is 4.61. The van der Waals surface area contributed by atoms with E-state index in [1.165, 1.54) is 0 Å². The van der Waals surface area contributed by atoms with Crippen LogP contribution in [-0.4, -0.2) is 48.4 Å².